The van der Waals surface area contributed by atoms with Crippen LogP contribution in [-0.2, 0) is 6.54 Å². The van der Waals surface area contributed by atoms with Crippen molar-refractivity contribution in [3.63, 3.8) is 0 Å². The Morgan fingerprint density at radius 2 is 2.11 bits per heavy atom. The van der Waals surface area contributed by atoms with E-state index in [4.69, 9.17) is 14.6 Å². The predicted octanol–water partition coefficient (Wildman–Crippen LogP) is 1.96. The van der Waals surface area contributed by atoms with Gasteiger partial charge in [-0.2, -0.15) is 0 Å². The van der Waals surface area contributed by atoms with Gasteiger partial charge in [-0.1, -0.05) is 13.0 Å². The summed E-state index contributed by atoms with van der Waals surface area (Å²) < 4.78 is 10.9. The molecule has 18 heavy (non-hydrogen) atoms. The fourth-order valence-electron chi connectivity index (χ4n) is 1.60. The molecular formula is C14H23NO3. The minimum Gasteiger partial charge on any atom is -0.493 e. The maximum atomic E-state index is 8.75. The van der Waals surface area contributed by atoms with E-state index in [2.05, 4.69) is 12.2 Å². The summed E-state index contributed by atoms with van der Waals surface area (Å²) in [5, 5.41) is 12.1. The van der Waals surface area contributed by atoms with Crippen molar-refractivity contribution < 1.29 is 14.6 Å². The van der Waals surface area contributed by atoms with Gasteiger partial charge in [0.05, 0.1) is 13.7 Å². The number of aliphatic hydroxyl groups is 1. The highest BCUT2D eigenvalue weighted by Gasteiger charge is 2.05. The maximum Gasteiger partial charge on any atom is 0.161 e. The number of ether oxygens (including phenoxy) is 2. The third-order valence-corrected chi connectivity index (χ3v) is 2.54. The van der Waals surface area contributed by atoms with Crippen LogP contribution in [0.1, 0.15) is 25.3 Å². The number of nitrogens with one attached hydrogen (secondary N) is 1. The molecule has 102 valence electrons. The van der Waals surface area contributed by atoms with Crippen molar-refractivity contribution in [3.8, 4) is 11.5 Å². The Balaban J connectivity index is 2.62. The van der Waals surface area contributed by atoms with Gasteiger partial charge in [0.1, 0.15) is 0 Å². The van der Waals surface area contributed by atoms with Crippen molar-refractivity contribution in [2.75, 3.05) is 26.9 Å². The van der Waals surface area contributed by atoms with Gasteiger partial charge >= 0.3 is 0 Å². The molecule has 0 saturated carbocycles. The summed E-state index contributed by atoms with van der Waals surface area (Å²) in [6.07, 6.45) is 1.75. The van der Waals surface area contributed by atoms with Gasteiger partial charge in [-0.3, -0.25) is 0 Å². The predicted molar refractivity (Wildman–Crippen MR) is 72.2 cm³/mol. The van der Waals surface area contributed by atoms with Crippen LogP contribution in [0.4, 0.5) is 0 Å². The molecule has 2 N–H and O–H groups in total. The molecule has 0 spiro atoms. The van der Waals surface area contributed by atoms with E-state index in [0.29, 0.717) is 13.0 Å². The van der Waals surface area contributed by atoms with Crippen molar-refractivity contribution in [3.05, 3.63) is 23.8 Å². The molecule has 4 heteroatoms. The molecule has 1 rings (SSSR count). The van der Waals surface area contributed by atoms with Crippen LogP contribution in [0.2, 0.25) is 0 Å². The van der Waals surface area contributed by atoms with E-state index in [-0.39, 0.29) is 6.61 Å². The Kier molecular flexibility index (Phi) is 7.22. The summed E-state index contributed by atoms with van der Waals surface area (Å²) >= 11 is 0. The highest BCUT2D eigenvalue weighted by molar-refractivity contribution is 5.42. The fraction of sp³-hybridized carbons (Fsp3) is 0.571. The highest BCUT2D eigenvalue weighted by Crippen LogP contribution is 2.28. The van der Waals surface area contributed by atoms with Gasteiger partial charge in [-0.25, -0.2) is 0 Å². The summed E-state index contributed by atoms with van der Waals surface area (Å²) in [5.41, 5.74) is 1.17. The average molecular weight is 253 g/mol. The molecule has 0 aliphatic rings. The number of hydrogen-bond acceptors (Lipinski definition) is 4. The average Bonchev–Trinajstić information content (AvgIpc) is 2.40. The number of methoxy groups -OCH3 is 1. The van der Waals surface area contributed by atoms with Gasteiger partial charge in [-0.05, 0) is 30.7 Å². The third kappa shape index (κ3) is 4.94. The molecule has 0 unspecified atom stereocenters. The lowest BCUT2D eigenvalue weighted by Crippen LogP contribution is -2.13. The molecule has 0 aliphatic carbocycles. The Morgan fingerprint density at radius 1 is 1.28 bits per heavy atom. The first-order chi connectivity index (χ1) is 8.81. The topological polar surface area (TPSA) is 50.7 Å². The molecule has 0 amide bonds. The second kappa shape index (κ2) is 8.78. The Morgan fingerprint density at radius 3 is 2.78 bits per heavy atom. The van der Waals surface area contributed by atoms with Gasteiger partial charge < -0.3 is 19.9 Å². The monoisotopic (exact) mass is 253 g/mol. The van der Waals surface area contributed by atoms with Crippen molar-refractivity contribution >= 4 is 0 Å². The standard InChI is InChI=1S/C14H23NO3/c1-3-7-15-11-12-5-6-13(17-2)14(10-12)18-9-4-8-16/h5-6,10,15-16H,3-4,7-9,11H2,1-2H3. The third-order valence-electron chi connectivity index (χ3n) is 2.54. The normalized spacial score (nSPS) is 10.4. The minimum absolute atomic E-state index is 0.139. The molecule has 4 nitrogen and oxygen atoms in total. The van der Waals surface area contributed by atoms with Crippen LogP contribution in [0.3, 0.4) is 0 Å². The van der Waals surface area contributed by atoms with Crippen LogP contribution in [0.5, 0.6) is 11.5 Å². The SMILES string of the molecule is CCCNCc1ccc(OC)c(OCCCO)c1. The van der Waals surface area contributed by atoms with E-state index in [1.54, 1.807) is 7.11 Å². The molecule has 0 aromatic heterocycles. The quantitative estimate of drug-likeness (QED) is 0.661. The maximum absolute atomic E-state index is 8.75. The van der Waals surface area contributed by atoms with Gasteiger partial charge in [0.15, 0.2) is 11.5 Å². The van der Waals surface area contributed by atoms with Crippen LogP contribution >= 0.6 is 0 Å². The van der Waals surface area contributed by atoms with Crippen molar-refractivity contribution in [2.45, 2.75) is 26.3 Å². The van der Waals surface area contributed by atoms with Crippen LogP contribution < -0.4 is 14.8 Å². The highest BCUT2D eigenvalue weighted by atomic mass is 16.5. The van der Waals surface area contributed by atoms with E-state index < -0.39 is 0 Å². The van der Waals surface area contributed by atoms with E-state index in [1.165, 1.54) is 5.56 Å². The fourth-order valence-corrected chi connectivity index (χ4v) is 1.60. The van der Waals surface area contributed by atoms with Crippen molar-refractivity contribution in [1.29, 1.82) is 0 Å². The van der Waals surface area contributed by atoms with Gasteiger partial charge in [0.25, 0.3) is 0 Å². The van der Waals surface area contributed by atoms with Gasteiger partial charge in [0.2, 0.25) is 0 Å². The summed E-state index contributed by atoms with van der Waals surface area (Å²) in [6, 6.07) is 5.93. The molecule has 0 fully saturated rings. The molecule has 0 heterocycles. The molecule has 0 saturated heterocycles. The lowest BCUT2D eigenvalue weighted by Gasteiger charge is -2.12. The molecule has 0 radical (unpaired) electrons. The van der Waals surface area contributed by atoms with E-state index in [0.717, 1.165) is 31.0 Å². The first kappa shape index (κ1) is 14.8. The first-order valence-corrected chi connectivity index (χ1v) is 6.43. The number of aliphatic hydroxyl groups excluding tert-OH is 1. The lowest BCUT2D eigenvalue weighted by atomic mass is 10.2. The number of rotatable bonds is 9. The molecule has 0 aliphatic heterocycles. The van der Waals surface area contributed by atoms with E-state index in [1.807, 2.05) is 18.2 Å². The molecule has 1 aromatic carbocycles. The Hall–Kier alpha value is -1.26. The van der Waals surface area contributed by atoms with Crippen LogP contribution in [0, 0.1) is 0 Å². The van der Waals surface area contributed by atoms with Crippen LogP contribution in [0.15, 0.2) is 18.2 Å². The largest absolute Gasteiger partial charge is 0.493 e. The first-order valence-electron chi connectivity index (χ1n) is 6.43. The van der Waals surface area contributed by atoms with Gasteiger partial charge in [-0.15, -0.1) is 0 Å². The molecule has 0 atom stereocenters. The second-order valence-electron chi connectivity index (χ2n) is 4.09. The zero-order chi connectivity index (χ0) is 13.2. The number of benzene rings is 1. The molecule has 0 bridgehead atoms. The Labute approximate surface area is 109 Å². The Bertz CT molecular complexity index is 342. The smallest absolute Gasteiger partial charge is 0.161 e. The van der Waals surface area contributed by atoms with Crippen molar-refractivity contribution in [1.82, 2.24) is 5.32 Å². The second-order valence-corrected chi connectivity index (χ2v) is 4.09. The van der Waals surface area contributed by atoms with Gasteiger partial charge in [0, 0.05) is 19.6 Å². The summed E-state index contributed by atoms with van der Waals surface area (Å²) in [6.45, 7) is 4.62. The molecular weight excluding hydrogens is 230 g/mol. The summed E-state index contributed by atoms with van der Waals surface area (Å²) in [7, 11) is 1.63. The lowest BCUT2D eigenvalue weighted by molar-refractivity contribution is 0.228. The zero-order valence-electron chi connectivity index (χ0n) is 11.2. The zero-order valence-corrected chi connectivity index (χ0v) is 11.2. The number of hydrogen-bond donors (Lipinski definition) is 2. The van der Waals surface area contributed by atoms with Crippen LogP contribution in [0.25, 0.3) is 0 Å². The van der Waals surface area contributed by atoms with E-state index in [9.17, 15) is 0 Å². The summed E-state index contributed by atoms with van der Waals surface area (Å²) in [5.74, 6) is 1.47. The summed E-state index contributed by atoms with van der Waals surface area (Å²) in [4.78, 5) is 0. The van der Waals surface area contributed by atoms with E-state index >= 15 is 0 Å². The molecule has 1 aromatic rings. The minimum atomic E-state index is 0.139. The van der Waals surface area contributed by atoms with Crippen molar-refractivity contribution in [2.24, 2.45) is 0 Å². The van der Waals surface area contributed by atoms with Crippen LogP contribution in [-0.4, -0.2) is 32.0 Å².